The van der Waals surface area contributed by atoms with Crippen LogP contribution in [0.4, 0.5) is 11.4 Å². The van der Waals surface area contributed by atoms with E-state index in [-0.39, 0.29) is 0 Å². The van der Waals surface area contributed by atoms with E-state index in [9.17, 15) is 0 Å². The maximum atomic E-state index is 5.79. The molecule has 0 fully saturated rings. The lowest BCUT2D eigenvalue weighted by atomic mass is 10.2. The molecule has 0 amide bonds. The summed E-state index contributed by atoms with van der Waals surface area (Å²) in [5.74, 6) is 0. The molecule has 3 heteroatoms. The summed E-state index contributed by atoms with van der Waals surface area (Å²) < 4.78 is 0. The first kappa shape index (κ1) is 10.9. The van der Waals surface area contributed by atoms with Gasteiger partial charge < -0.3 is 11.1 Å². The Morgan fingerprint density at radius 1 is 1.64 bits per heavy atom. The maximum absolute atomic E-state index is 5.79. The van der Waals surface area contributed by atoms with Gasteiger partial charge >= 0.3 is 0 Å². The van der Waals surface area contributed by atoms with Gasteiger partial charge in [-0.3, -0.25) is 0 Å². The molecule has 2 nitrogen and oxygen atoms in total. The fraction of sp³-hybridized carbons (Fsp3) is 0.273. The van der Waals surface area contributed by atoms with E-state index in [1.54, 1.807) is 6.07 Å². The lowest BCUT2D eigenvalue weighted by molar-refractivity contribution is 0.815. The average Bonchev–Trinajstić information content (AvgIpc) is 2.10. The lowest BCUT2D eigenvalue weighted by Crippen LogP contribution is -2.14. The lowest BCUT2D eigenvalue weighted by Gasteiger charge is -2.15. The third-order valence-electron chi connectivity index (χ3n) is 1.94. The highest BCUT2D eigenvalue weighted by atomic mass is 35.5. The van der Waals surface area contributed by atoms with Crippen molar-refractivity contribution >= 4 is 23.0 Å². The molecule has 1 rings (SSSR count). The Balaban J connectivity index is 2.71. The molecule has 3 N–H and O–H groups in total. The summed E-state index contributed by atoms with van der Waals surface area (Å²) in [6.45, 7) is 5.77. The van der Waals surface area contributed by atoms with Gasteiger partial charge in [-0.1, -0.05) is 17.7 Å². The third-order valence-corrected chi connectivity index (χ3v) is 2.17. The molecule has 0 bridgehead atoms. The molecule has 0 saturated carbocycles. The minimum absolute atomic E-state index is 0.330. The molecule has 0 aliphatic carbocycles. The fourth-order valence-corrected chi connectivity index (χ4v) is 1.42. The van der Waals surface area contributed by atoms with E-state index in [4.69, 9.17) is 17.3 Å². The van der Waals surface area contributed by atoms with Crippen LogP contribution in [0.15, 0.2) is 30.9 Å². The van der Waals surface area contributed by atoms with E-state index < -0.39 is 0 Å². The second-order valence-electron chi connectivity index (χ2n) is 3.30. The number of benzene rings is 1. The van der Waals surface area contributed by atoms with Gasteiger partial charge in [-0.05, 0) is 31.5 Å². The molecule has 0 radical (unpaired) electrons. The fourth-order valence-electron chi connectivity index (χ4n) is 1.24. The van der Waals surface area contributed by atoms with Gasteiger partial charge in [0.25, 0.3) is 0 Å². The number of anilines is 2. The second-order valence-corrected chi connectivity index (χ2v) is 3.74. The normalized spacial score (nSPS) is 12.1. The minimum atomic E-state index is 0.330. The van der Waals surface area contributed by atoms with E-state index in [0.29, 0.717) is 16.8 Å². The van der Waals surface area contributed by atoms with Crippen molar-refractivity contribution in [2.24, 2.45) is 0 Å². The first-order valence-electron chi connectivity index (χ1n) is 4.56. The van der Waals surface area contributed by atoms with Crippen LogP contribution in [0.5, 0.6) is 0 Å². The van der Waals surface area contributed by atoms with Gasteiger partial charge in [0.1, 0.15) is 0 Å². The van der Waals surface area contributed by atoms with Gasteiger partial charge in [-0.2, -0.15) is 0 Å². The maximum Gasteiger partial charge on any atom is 0.0577 e. The van der Waals surface area contributed by atoms with Crippen molar-refractivity contribution in [3.8, 4) is 0 Å². The highest BCUT2D eigenvalue weighted by Gasteiger charge is 2.03. The number of halogens is 1. The minimum Gasteiger partial charge on any atom is -0.397 e. The summed E-state index contributed by atoms with van der Waals surface area (Å²) in [5, 5.41) is 3.94. The number of nitrogen functional groups attached to an aromatic ring is 1. The highest BCUT2D eigenvalue weighted by Crippen LogP contribution is 2.23. The number of rotatable bonds is 4. The summed E-state index contributed by atoms with van der Waals surface area (Å²) in [6.07, 6.45) is 2.78. The molecule has 1 atom stereocenters. The molecule has 14 heavy (non-hydrogen) atoms. The van der Waals surface area contributed by atoms with Crippen molar-refractivity contribution in [1.29, 1.82) is 0 Å². The van der Waals surface area contributed by atoms with Crippen LogP contribution in [-0.4, -0.2) is 6.04 Å². The van der Waals surface area contributed by atoms with Crippen molar-refractivity contribution in [1.82, 2.24) is 0 Å². The van der Waals surface area contributed by atoms with E-state index in [0.717, 1.165) is 12.1 Å². The number of nitrogens with one attached hydrogen (secondary N) is 1. The van der Waals surface area contributed by atoms with Crippen molar-refractivity contribution in [3.05, 3.63) is 35.9 Å². The summed E-state index contributed by atoms with van der Waals surface area (Å²) in [6, 6.07) is 5.78. The predicted octanol–water partition coefficient (Wildman–Crippen LogP) is 3.30. The second kappa shape index (κ2) is 4.91. The van der Waals surface area contributed by atoms with Gasteiger partial charge in [0.2, 0.25) is 0 Å². The van der Waals surface area contributed by atoms with Crippen LogP contribution in [0.1, 0.15) is 13.3 Å². The SMILES string of the molecule is C=CCC(C)Nc1ccc(Cl)cc1N. The monoisotopic (exact) mass is 210 g/mol. The Labute approximate surface area is 89.8 Å². The molecule has 0 heterocycles. The number of nitrogens with two attached hydrogens (primary N) is 1. The molecule has 0 saturated heterocycles. The summed E-state index contributed by atoms with van der Waals surface area (Å²) in [7, 11) is 0. The van der Waals surface area contributed by atoms with Crippen LogP contribution >= 0.6 is 11.6 Å². The predicted molar refractivity (Wildman–Crippen MR) is 63.8 cm³/mol. The number of hydrogen-bond donors (Lipinski definition) is 2. The highest BCUT2D eigenvalue weighted by molar-refractivity contribution is 6.31. The van der Waals surface area contributed by atoms with Crippen LogP contribution < -0.4 is 11.1 Å². The van der Waals surface area contributed by atoms with Crippen LogP contribution in [0, 0.1) is 0 Å². The molecule has 0 aromatic heterocycles. The smallest absolute Gasteiger partial charge is 0.0577 e. The van der Waals surface area contributed by atoms with Crippen molar-refractivity contribution in [2.75, 3.05) is 11.1 Å². The van der Waals surface area contributed by atoms with Crippen LogP contribution in [0.3, 0.4) is 0 Å². The standard InChI is InChI=1S/C11H15ClN2/c1-3-4-8(2)14-11-6-5-9(12)7-10(11)13/h3,5-8,14H,1,4,13H2,2H3. The molecule has 76 valence electrons. The van der Waals surface area contributed by atoms with Crippen LogP contribution in [0.25, 0.3) is 0 Å². The van der Waals surface area contributed by atoms with Crippen molar-refractivity contribution in [3.63, 3.8) is 0 Å². The quantitative estimate of drug-likeness (QED) is 0.591. The molecular formula is C11H15ClN2. The first-order valence-corrected chi connectivity index (χ1v) is 4.93. The summed E-state index contributed by atoms with van der Waals surface area (Å²) >= 11 is 5.79. The first-order chi connectivity index (χ1) is 6.63. The average molecular weight is 211 g/mol. The zero-order valence-electron chi connectivity index (χ0n) is 8.26. The Bertz CT molecular complexity index is 323. The molecule has 1 unspecified atom stereocenters. The molecule has 0 aliphatic heterocycles. The summed E-state index contributed by atoms with van der Waals surface area (Å²) in [5.41, 5.74) is 7.39. The van der Waals surface area contributed by atoms with E-state index in [1.165, 1.54) is 0 Å². The molecule has 1 aromatic carbocycles. The van der Waals surface area contributed by atoms with Gasteiger partial charge in [0.15, 0.2) is 0 Å². The molecule has 0 spiro atoms. The Kier molecular flexibility index (Phi) is 3.84. The molecular weight excluding hydrogens is 196 g/mol. The van der Waals surface area contributed by atoms with Gasteiger partial charge in [-0.25, -0.2) is 0 Å². The van der Waals surface area contributed by atoms with Gasteiger partial charge in [0.05, 0.1) is 11.4 Å². The molecule has 0 aliphatic rings. The zero-order valence-corrected chi connectivity index (χ0v) is 9.01. The van der Waals surface area contributed by atoms with E-state index >= 15 is 0 Å². The van der Waals surface area contributed by atoms with Crippen molar-refractivity contribution < 1.29 is 0 Å². The van der Waals surface area contributed by atoms with Gasteiger partial charge in [0, 0.05) is 11.1 Å². The zero-order chi connectivity index (χ0) is 10.6. The van der Waals surface area contributed by atoms with Gasteiger partial charge in [-0.15, -0.1) is 6.58 Å². The molecule has 1 aromatic rings. The summed E-state index contributed by atoms with van der Waals surface area (Å²) in [4.78, 5) is 0. The van der Waals surface area contributed by atoms with Crippen LogP contribution in [-0.2, 0) is 0 Å². The van der Waals surface area contributed by atoms with Crippen molar-refractivity contribution in [2.45, 2.75) is 19.4 Å². The third kappa shape index (κ3) is 2.96. The van der Waals surface area contributed by atoms with E-state index in [1.807, 2.05) is 18.2 Å². The van der Waals surface area contributed by atoms with E-state index in [2.05, 4.69) is 18.8 Å². The Morgan fingerprint density at radius 2 is 2.36 bits per heavy atom. The van der Waals surface area contributed by atoms with Crippen LogP contribution in [0.2, 0.25) is 5.02 Å². The largest absolute Gasteiger partial charge is 0.397 e. The topological polar surface area (TPSA) is 38.0 Å². The Hall–Kier alpha value is -1.15. The number of hydrogen-bond acceptors (Lipinski definition) is 2. The Morgan fingerprint density at radius 3 is 2.93 bits per heavy atom.